The van der Waals surface area contributed by atoms with Crippen molar-refractivity contribution >= 4 is 34.5 Å². The smallest absolute Gasteiger partial charge is 0.255 e. The van der Waals surface area contributed by atoms with Gasteiger partial charge in [-0.15, -0.1) is 0 Å². The van der Waals surface area contributed by atoms with Gasteiger partial charge in [-0.3, -0.25) is 4.79 Å². The average molecular weight is 385 g/mol. The number of hydrogen-bond acceptors (Lipinski definition) is 2. The zero-order valence-corrected chi connectivity index (χ0v) is 17.8. The SMILES string of the molecule is C=C(C(=O)Nc1ccc(Cl)c(N)c1)c1ccc(C(C)(C)C)cc1C(C)(C)C. The minimum Gasteiger partial charge on any atom is -0.397 e. The number of benzene rings is 2. The first-order valence-corrected chi connectivity index (χ1v) is 9.39. The molecular formula is C23H29ClN2O. The van der Waals surface area contributed by atoms with Crippen molar-refractivity contribution in [2.75, 3.05) is 11.1 Å². The lowest BCUT2D eigenvalue weighted by Gasteiger charge is -2.28. The van der Waals surface area contributed by atoms with Gasteiger partial charge in [0.2, 0.25) is 0 Å². The van der Waals surface area contributed by atoms with Crippen LogP contribution in [0.2, 0.25) is 5.02 Å². The van der Waals surface area contributed by atoms with E-state index < -0.39 is 0 Å². The normalized spacial score (nSPS) is 12.0. The fraction of sp³-hybridized carbons (Fsp3) is 0.348. The van der Waals surface area contributed by atoms with E-state index in [1.54, 1.807) is 18.2 Å². The highest BCUT2D eigenvalue weighted by Crippen LogP contribution is 2.34. The van der Waals surface area contributed by atoms with E-state index in [0.717, 1.165) is 11.1 Å². The topological polar surface area (TPSA) is 55.1 Å². The van der Waals surface area contributed by atoms with Crippen LogP contribution in [0.25, 0.3) is 5.57 Å². The maximum atomic E-state index is 12.8. The van der Waals surface area contributed by atoms with E-state index in [9.17, 15) is 4.79 Å². The molecule has 0 aliphatic carbocycles. The summed E-state index contributed by atoms with van der Waals surface area (Å²) >= 11 is 5.94. The van der Waals surface area contributed by atoms with Crippen LogP contribution >= 0.6 is 11.6 Å². The van der Waals surface area contributed by atoms with Crippen LogP contribution in [0.15, 0.2) is 43.0 Å². The van der Waals surface area contributed by atoms with Gasteiger partial charge in [0, 0.05) is 11.3 Å². The number of anilines is 2. The minimum absolute atomic E-state index is 0.0307. The second-order valence-electron chi connectivity index (χ2n) is 8.93. The monoisotopic (exact) mass is 384 g/mol. The molecule has 144 valence electrons. The van der Waals surface area contributed by atoms with E-state index in [1.807, 2.05) is 6.07 Å². The van der Waals surface area contributed by atoms with Gasteiger partial charge < -0.3 is 11.1 Å². The van der Waals surface area contributed by atoms with Gasteiger partial charge in [0.15, 0.2) is 0 Å². The van der Waals surface area contributed by atoms with E-state index in [-0.39, 0.29) is 16.7 Å². The number of nitrogen functional groups attached to an aromatic ring is 1. The number of halogens is 1. The number of nitrogens with two attached hydrogens (primary N) is 1. The summed E-state index contributed by atoms with van der Waals surface area (Å²) in [4.78, 5) is 12.8. The van der Waals surface area contributed by atoms with Crippen molar-refractivity contribution in [2.24, 2.45) is 0 Å². The largest absolute Gasteiger partial charge is 0.397 e. The number of carbonyl (C=O) groups excluding carboxylic acids is 1. The van der Waals surface area contributed by atoms with E-state index in [2.05, 4.69) is 65.6 Å². The first kappa shape index (κ1) is 21.0. The molecule has 0 radical (unpaired) electrons. The third-order valence-corrected chi connectivity index (χ3v) is 4.89. The van der Waals surface area contributed by atoms with Crippen LogP contribution in [0, 0.1) is 0 Å². The van der Waals surface area contributed by atoms with Crippen LogP contribution in [0.5, 0.6) is 0 Å². The maximum Gasteiger partial charge on any atom is 0.255 e. The van der Waals surface area contributed by atoms with Gasteiger partial charge in [-0.25, -0.2) is 0 Å². The van der Waals surface area contributed by atoms with Gasteiger partial charge in [0.05, 0.1) is 10.7 Å². The average Bonchev–Trinajstić information content (AvgIpc) is 2.55. The van der Waals surface area contributed by atoms with Crippen molar-refractivity contribution in [3.8, 4) is 0 Å². The summed E-state index contributed by atoms with van der Waals surface area (Å²) in [5.74, 6) is -0.259. The molecule has 3 N–H and O–H groups in total. The predicted molar refractivity (Wildman–Crippen MR) is 117 cm³/mol. The molecule has 2 aromatic carbocycles. The minimum atomic E-state index is -0.259. The van der Waals surface area contributed by atoms with Crippen molar-refractivity contribution in [3.63, 3.8) is 0 Å². The van der Waals surface area contributed by atoms with Crippen molar-refractivity contribution in [3.05, 3.63) is 64.7 Å². The van der Waals surface area contributed by atoms with Crippen LogP contribution in [0.1, 0.15) is 58.2 Å². The van der Waals surface area contributed by atoms with Crippen molar-refractivity contribution in [2.45, 2.75) is 52.4 Å². The Labute approximate surface area is 167 Å². The summed E-state index contributed by atoms with van der Waals surface area (Å²) < 4.78 is 0. The summed E-state index contributed by atoms with van der Waals surface area (Å²) in [5, 5.41) is 3.31. The molecular weight excluding hydrogens is 356 g/mol. The Bertz CT molecular complexity index is 886. The summed E-state index contributed by atoms with van der Waals surface area (Å²) in [5.41, 5.74) is 10.4. The van der Waals surface area contributed by atoms with Crippen LogP contribution in [-0.2, 0) is 15.6 Å². The van der Waals surface area contributed by atoms with Crippen molar-refractivity contribution in [1.29, 1.82) is 0 Å². The lowest BCUT2D eigenvalue weighted by Crippen LogP contribution is -2.21. The van der Waals surface area contributed by atoms with Gasteiger partial charge >= 0.3 is 0 Å². The second kappa shape index (κ2) is 7.40. The molecule has 2 rings (SSSR count). The highest BCUT2D eigenvalue weighted by molar-refractivity contribution is 6.33. The number of nitrogens with one attached hydrogen (secondary N) is 1. The highest BCUT2D eigenvalue weighted by Gasteiger charge is 2.25. The molecule has 3 nitrogen and oxygen atoms in total. The fourth-order valence-corrected chi connectivity index (χ4v) is 2.96. The molecule has 0 bridgehead atoms. The summed E-state index contributed by atoms with van der Waals surface area (Å²) in [6.45, 7) is 17.0. The highest BCUT2D eigenvalue weighted by atomic mass is 35.5. The molecule has 1 amide bonds. The van der Waals surface area contributed by atoms with Crippen LogP contribution in [-0.4, -0.2) is 5.91 Å². The Morgan fingerprint density at radius 3 is 2.15 bits per heavy atom. The maximum absolute atomic E-state index is 12.8. The molecule has 0 heterocycles. The molecule has 0 unspecified atom stereocenters. The van der Waals surface area contributed by atoms with Gasteiger partial charge in [0.25, 0.3) is 5.91 Å². The van der Waals surface area contributed by atoms with E-state index >= 15 is 0 Å². The Balaban J connectivity index is 2.39. The van der Waals surface area contributed by atoms with E-state index in [4.69, 9.17) is 17.3 Å². The molecule has 0 aromatic heterocycles. The molecule has 0 atom stereocenters. The molecule has 0 spiro atoms. The molecule has 0 aliphatic rings. The third-order valence-electron chi connectivity index (χ3n) is 4.55. The number of rotatable bonds is 3. The molecule has 27 heavy (non-hydrogen) atoms. The van der Waals surface area contributed by atoms with Crippen molar-refractivity contribution in [1.82, 2.24) is 0 Å². The van der Waals surface area contributed by atoms with Gasteiger partial charge in [0.1, 0.15) is 0 Å². The summed E-state index contributed by atoms with van der Waals surface area (Å²) in [7, 11) is 0. The van der Waals surface area contributed by atoms with Crippen molar-refractivity contribution < 1.29 is 4.79 Å². The lowest BCUT2D eigenvalue weighted by atomic mass is 9.77. The Morgan fingerprint density at radius 2 is 1.63 bits per heavy atom. The molecule has 0 fully saturated rings. The fourth-order valence-electron chi connectivity index (χ4n) is 2.84. The Morgan fingerprint density at radius 1 is 1.00 bits per heavy atom. The molecule has 0 saturated heterocycles. The van der Waals surface area contributed by atoms with Gasteiger partial charge in [-0.2, -0.15) is 0 Å². The zero-order valence-electron chi connectivity index (χ0n) is 17.0. The number of hydrogen-bond donors (Lipinski definition) is 2. The Hall–Kier alpha value is -2.26. The van der Waals surface area contributed by atoms with E-state index in [1.165, 1.54) is 5.56 Å². The lowest BCUT2D eigenvalue weighted by molar-refractivity contribution is -0.111. The number of carbonyl (C=O) groups is 1. The Kier molecular flexibility index (Phi) is 5.77. The summed E-state index contributed by atoms with van der Waals surface area (Å²) in [6.07, 6.45) is 0. The van der Waals surface area contributed by atoms with Crippen LogP contribution < -0.4 is 11.1 Å². The summed E-state index contributed by atoms with van der Waals surface area (Å²) in [6, 6.07) is 11.3. The van der Waals surface area contributed by atoms with Crippen LogP contribution in [0.4, 0.5) is 11.4 Å². The van der Waals surface area contributed by atoms with Crippen LogP contribution in [0.3, 0.4) is 0 Å². The molecule has 0 aliphatic heterocycles. The van der Waals surface area contributed by atoms with Gasteiger partial charge in [-0.1, -0.05) is 77.9 Å². The quantitative estimate of drug-likeness (QED) is 0.491. The molecule has 0 saturated carbocycles. The first-order valence-electron chi connectivity index (χ1n) is 9.01. The molecule has 4 heteroatoms. The predicted octanol–water partition coefficient (Wildman–Crippen LogP) is 6.17. The zero-order chi connectivity index (χ0) is 20.6. The standard InChI is InChI=1S/C23H29ClN2O/c1-14(21(27)26-16-9-11-19(24)20(25)13-16)17-10-8-15(22(2,3)4)12-18(17)23(5,6)7/h8-13H,1,25H2,2-7H3,(H,26,27). The van der Waals surface area contributed by atoms with Gasteiger partial charge in [-0.05, 0) is 45.7 Å². The number of amides is 1. The second-order valence-corrected chi connectivity index (χ2v) is 9.34. The molecule has 2 aromatic rings. The van der Waals surface area contributed by atoms with E-state index in [0.29, 0.717) is 22.0 Å². The first-order chi connectivity index (χ1) is 12.3. The third kappa shape index (κ3) is 4.92.